The molecule has 1 nitrogen and oxygen atoms in total. The van der Waals surface area contributed by atoms with E-state index < -0.39 is 0 Å². The molecule has 2 atom stereocenters. The third kappa shape index (κ3) is 5.40. The fourth-order valence-electron chi connectivity index (χ4n) is 2.01. The van der Waals surface area contributed by atoms with Gasteiger partial charge >= 0.3 is 0 Å². The predicted molar refractivity (Wildman–Crippen MR) is 83.3 cm³/mol. The molecule has 0 heterocycles. The van der Waals surface area contributed by atoms with Crippen LogP contribution in [0.5, 0.6) is 5.75 Å². The number of rotatable bonds is 5. The normalized spacial score (nSPS) is 14.4. The van der Waals surface area contributed by atoms with E-state index >= 15 is 0 Å². The minimum absolute atomic E-state index is 0.120. The molecule has 0 aliphatic rings. The molecule has 0 spiro atoms. The van der Waals surface area contributed by atoms with E-state index in [9.17, 15) is 0 Å². The van der Waals surface area contributed by atoms with Gasteiger partial charge < -0.3 is 4.74 Å². The number of hydrogen-bond acceptors (Lipinski definition) is 1. The zero-order chi connectivity index (χ0) is 13.8. The Morgan fingerprint density at radius 2 is 1.67 bits per heavy atom. The SMILES string of the molecule is CPC(CC(C)C)c1ccc(OC(C)(C)C)cc1. The summed E-state index contributed by atoms with van der Waals surface area (Å²) in [4.78, 5) is 0. The Labute approximate surface area is 114 Å². The second-order valence-electron chi connectivity index (χ2n) is 6.25. The standard InChI is InChI=1S/C16H27OP/c1-12(2)11-15(18-6)13-7-9-14(10-8-13)17-16(3,4)5/h7-10,12,15,18H,11H2,1-6H3. The molecular weight excluding hydrogens is 239 g/mol. The Morgan fingerprint density at radius 1 is 1.11 bits per heavy atom. The van der Waals surface area contributed by atoms with Gasteiger partial charge in [0.05, 0.1) is 0 Å². The van der Waals surface area contributed by atoms with E-state index in [-0.39, 0.29) is 5.60 Å². The van der Waals surface area contributed by atoms with Gasteiger partial charge in [-0.2, -0.15) is 0 Å². The Bertz CT molecular complexity index is 348. The van der Waals surface area contributed by atoms with Crippen molar-refractivity contribution in [3.05, 3.63) is 29.8 Å². The lowest BCUT2D eigenvalue weighted by atomic mass is 10.0. The lowest BCUT2D eigenvalue weighted by Crippen LogP contribution is -2.22. The molecule has 0 fully saturated rings. The largest absolute Gasteiger partial charge is 0.488 e. The van der Waals surface area contributed by atoms with Crippen molar-refractivity contribution in [2.75, 3.05) is 6.66 Å². The molecule has 0 N–H and O–H groups in total. The van der Waals surface area contributed by atoms with Gasteiger partial charge in [-0.05, 0) is 57.5 Å². The van der Waals surface area contributed by atoms with Crippen molar-refractivity contribution in [1.82, 2.24) is 0 Å². The van der Waals surface area contributed by atoms with Crippen LogP contribution in [0.15, 0.2) is 24.3 Å². The molecular formula is C16H27OP. The van der Waals surface area contributed by atoms with Crippen molar-refractivity contribution in [1.29, 1.82) is 0 Å². The van der Waals surface area contributed by atoms with Crippen molar-refractivity contribution in [3.63, 3.8) is 0 Å². The zero-order valence-electron chi connectivity index (χ0n) is 12.6. The summed E-state index contributed by atoms with van der Waals surface area (Å²) in [6.07, 6.45) is 1.27. The molecule has 0 aliphatic carbocycles. The average molecular weight is 266 g/mol. The Morgan fingerprint density at radius 3 is 2.06 bits per heavy atom. The highest BCUT2D eigenvalue weighted by Crippen LogP contribution is 2.37. The van der Waals surface area contributed by atoms with Crippen LogP contribution in [0.1, 0.15) is 52.3 Å². The molecule has 102 valence electrons. The molecule has 0 bridgehead atoms. The molecule has 1 aromatic rings. The zero-order valence-corrected chi connectivity index (χ0v) is 13.6. The Balaban J connectivity index is 2.74. The fraction of sp³-hybridized carbons (Fsp3) is 0.625. The van der Waals surface area contributed by atoms with E-state index in [1.54, 1.807) is 0 Å². The summed E-state index contributed by atoms with van der Waals surface area (Å²) in [5.41, 5.74) is 2.03. The van der Waals surface area contributed by atoms with E-state index in [1.807, 2.05) is 0 Å². The van der Waals surface area contributed by atoms with Crippen LogP contribution in [0.25, 0.3) is 0 Å². The smallest absolute Gasteiger partial charge is 0.120 e. The summed E-state index contributed by atoms with van der Waals surface area (Å²) in [6.45, 7) is 13.1. The minimum atomic E-state index is -0.120. The second-order valence-corrected chi connectivity index (χ2v) is 7.53. The van der Waals surface area contributed by atoms with Gasteiger partial charge in [0.1, 0.15) is 11.4 Å². The van der Waals surface area contributed by atoms with Gasteiger partial charge in [0, 0.05) is 5.66 Å². The molecule has 1 aromatic carbocycles. The highest BCUT2D eigenvalue weighted by molar-refractivity contribution is 7.37. The van der Waals surface area contributed by atoms with Crippen LogP contribution in [-0.2, 0) is 0 Å². The highest BCUT2D eigenvalue weighted by Gasteiger charge is 2.14. The first-order valence-electron chi connectivity index (χ1n) is 6.78. The molecule has 0 aromatic heterocycles. The monoisotopic (exact) mass is 266 g/mol. The second kappa shape index (κ2) is 6.57. The van der Waals surface area contributed by atoms with Crippen LogP contribution >= 0.6 is 8.58 Å². The third-order valence-corrected chi connectivity index (χ3v) is 4.03. The first-order valence-corrected chi connectivity index (χ1v) is 8.36. The summed E-state index contributed by atoms with van der Waals surface area (Å²) in [5.74, 6) is 1.72. The van der Waals surface area contributed by atoms with Crippen molar-refractivity contribution >= 4 is 8.58 Å². The highest BCUT2D eigenvalue weighted by atomic mass is 31.1. The quantitative estimate of drug-likeness (QED) is 0.660. The maximum Gasteiger partial charge on any atom is 0.120 e. The fourth-order valence-corrected chi connectivity index (χ4v) is 3.25. The van der Waals surface area contributed by atoms with Gasteiger partial charge in [-0.25, -0.2) is 0 Å². The molecule has 0 aliphatic heterocycles. The van der Waals surface area contributed by atoms with Gasteiger partial charge in [0.25, 0.3) is 0 Å². The molecule has 18 heavy (non-hydrogen) atoms. The topological polar surface area (TPSA) is 9.23 Å². The predicted octanol–water partition coefficient (Wildman–Crippen LogP) is 5.26. The lowest BCUT2D eigenvalue weighted by Gasteiger charge is -2.22. The third-order valence-electron chi connectivity index (χ3n) is 2.76. The van der Waals surface area contributed by atoms with E-state index in [4.69, 9.17) is 4.74 Å². The number of hydrogen-bond donors (Lipinski definition) is 0. The van der Waals surface area contributed by atoms with E-state index in [0.29, 0.717) is 5.66 Å². The van der Waals surface area contributed by atoms with Gasteiger partial charge in [-0.1, -0.05) is 26.0 Å². The van der Waals surface area contributed by atoms with E-state index in [2.05, 4.69) is 65.5 Å². The maximum absolute atomic E-state index is 5.85. The van der Waals surface area contributed by atoms with Crippen molar-refractivity contribution < 1.29 is 4.74 Å². The van der Waals surface area contributed by atoms with Crippen molar-refractivity contribution in [2.45, 2.75) is 52.3 Å². The average Bonchev–Trinajstić information content (AvgIpc) is 2.24. The van der Waals surface area contributed by atoms with Gasteiger partial charge in [0.15, 0.2) is 0 Å². The van der Waals surface area contributed by atoms with Crippen LogP contribution in [-0.4, -0.2) is 12.3 Å². The first-order chi connectivity index (χ1) is 8.31. The van der Waals surface area contributed by atoms with Crippen LogP contribution in [0.4, 0.5) is 0 Å². The Hall–Kier alpha value is -0.550. The summed E-state index contributed by atoms with van der Waals surface area (Å²) in [6, 6.07) is 8.66. The summed E-state index contributed by atoms with van der Waals surface area (Å²) >= 11 is 0. The summed E-state index contributed by atoms with van der Waals surface area (Å²) in [5, 5.41) is 0. The van der Waals surface area contributed by atoms with Crippen LogP contribution in [0, 0.1) is 5.92 Å². The molecule has 0 saturated carbocycles. The van der Waals surface area contributed by atoms with E-state index in [1.165, 1.54) is 12.0 Å². The van der Waals surface area contributed by atoms with Gasteiger partial charge in [-0.15, -0.1) is 8.58 Å². The van der Waals surface area contributed by atoms with Crippen molar-refractivity contribution in [3.8, 4) is 5.75 Å². The molecule has 0 saturated heterocycles. The molecule has 2 heteroatoms. The lowest BCUT2D eigenvalue weighted by molar-refractivity contribution is 0.131. The van der Waals surface area contributed by atoms with Crippen LogP contribution in [0.3, 0.4) is 0 Å². The van der Waals surface area contributed by atoms with Gasteiger partial charge in [0.2, 0.25) is 0 Å². The van der Waals surface area contributed by atoms with Crippen molar-refractivity contribution in [2.24, 2.45) is 5.92 Å². The maximum atomic E-state index is 5.85. The number of ether oxygens (including phenoxy) is 1. The molecule has 1 rings (SSSR count). The van der Waals surface area contributed by atoms with E-state index in [0.717, 1.165) is 20.2 Å². The molecule has 0 radical (unpaired) electrons. The van der Waals surface area contributed by atoms with Crippen LogP contribution < -0.4 is 4.74 Å². The number of benzene rings is 1. The Kier molecular flexibility index (Phi) is 5.66. The first kappa shape index (κ1) is 15.5. The minimum Gasteiger partial charge on any atom is -0.488 e. The summed E-state index contributed by atoms with van der Waals surface area (Å²) < 4.78 is 5.85. The molecule has 0 amide bonds. The molecule has 2 unspecified atom stereocenters. The summed E-state index contributed by atoms with van der Waals surface area (Å²) in [7, 11) is 0.965. The van der Waals surface area contributed by atoms with Crippen LogP contribution in [0.2, 0.25) is 0 Å². The van der Waals surface area contributed by atoms with Gasteiger partial charge in [-0.3, -0.25) is 0 Å².